The van der Waals surface area contributed by atoms with E-state index >= 15 is 0 Å². The monoisotopic (exact) mass is 386 g/mol. The molecule has 1 aromatic carbocycles. The summed E-state index contributed by atoms with van der Waals surface area (Å²) in [5, 5.41) is 3.36. The molecule has 140 valence electrons. The Labute approximate surface area is 160 Å². The summed E-state index contributed by atoms with van der Waals surface area (Å²) in [5.41, 5.74) is 1.34. The molecular weight excluding hydrogens is 368 g/mol. The fourth-order valence-corrected chi connectivity index (χ4v) is 3.54. The van der Waals surface area contributed by atoms with Gasteiger partial charge in [-0.05, 0) is 43.7 Å². The normalized spacial score (nSPS) is 17.9. The van der Waals surface area contributed by atoms with Crippen molar-refractivity contribution in [3.8, 4) is 0 Å². The Kier molecular flexibility index (Phi) is 4.96. The van der Waals surface area contributed by atoms with Crippen LogP contribution < -0.4 is 11.1 Å². The minimum absolute atomic E-state index is 0.0704. The van der Waals surface area contributed by atoms with Crippen LogP contribution in [0.2, 0.25) is 5.02 Å². The summed E-state index contributed by atoms with van der Waals surface area (Å²) in [5.74, 6) is -0.129. The zero-order valence-electron chi connectivity index (χ0n) is 14.6. The SMILES string of the molecule is O=C(Nc1ccc(Cl)cn1)[C@@H]1CCCN(Cn2c(=O)oc3ccccc32)C1. The third-order valence-corrected chi connectivity index (χ3v) is 4.99. The lowest BCUT2D eigenvalue weighted by Gasteiger charge is -2.31. The lowest BCUT2D eigenvalue weighted by Crippen LogP contribution is -2.42. The van der Waals surface area contributed by atoms with Gasteiger partial charge in [-0.25, -0.2) is 9.78 Å². The molecule has 3 aromatic rings. The van der Waals surface area contributed by atoms with Crippen molar-refractivity contribution in [2.24, 2.45) is 5.92 Å². The minimum atomic E-state index is -0.381. The van der Waals surface area contributed by atoms with Crippen LogP contribution in [0.5, 0.6) is 0 Å². The first-order valence-corrected chi connectivity index (χ1v) is 9.21. The number of oxazole rings is 1. The Balaban J connectivity index is 1.44. The minimum Gasteiger partial charge on any atom is -0.408 e. The smallest absolute Gasteiger partial charge is 0.408 e. The van der Waals surface area contributed by atoms with Gasteiger partial charge in [-0.3, -0.25) is 14.3 Å². The summed E-state index contributed by atoms with van der Waals surface area (Å²) >= 11 is 5.82. The molecule has 1 N–H and O–H groups in total. The van der Waals surface area contributed by atoms with Gasteiger partial charge in [0.05, 0.1) is 23.1 Å². The number of carbonyl (C=O) groups excluding carboxylic acids is 1. The van der Waals surface area contributed by atoms with E-state index in [1.807, 2.05) is 18.2 Å². The summed E-state index contributed by atoms with van der Waals surface area (Å²) in [6, 6.07) is 10.7. The molecule has 1 fully saturated rings. The molecule has 7 nitrogen and oxygen atoms in total. The van der Waals surface area contributed by atoms with Crippen LogP contribution in [0.3, 0.4) is 0 Å². The van der Waals surface area contributed by atoms with Crippen molar-refractivity contribution in [3.05, 3.63) is 58.2 Å². The van der Waals surface area contributed by atoms with Crippen molar-refractivity contribution >= 4 is 34.4 Å². The number of halogens is 1. The molecule has 0 bridgehead atoms. The highest BCUT2D eigenvalue weighted by Crippen LogP contribution is 2.20. The largest absolute Gasteiger partial charge is 0.421 e. The Morgan fingerprint density at radius 2 is 2.15 bits per heavy atom. The second-order valence-corrected chi connectivity index (χ2v) is 7.11. The van der Waals surface area contributed by atoms with Crippen molar-refractivity contribution in [1.29, 1.82) is 0 Å². The predicted octanol–water partition coefficient (Wildman–Crippen LogP) is 2.95. The third-order valence-electron chi connectivity index (χ3n) is 4.77. The van der Waals surface area contributed by atoms with Crippen LogP contribution >= 0.6 is 11.6 Å². The Bertz CT molecular complexity index is 1010. The van der Waals surface area contributed by atoms with Crippen LogP contribution in [0.15, 0.2) is 51.8 Å². The Morgan fingerprint density at radius 3 is 2.96 bits per heavy atom. The number of fused-ring (bicyclic) bond motifs is 1. The summed E-state index contributed by atoms with van der Waals surface area (Å²) in [4.78, 5) is 31.0. The number of hydrogen-bond acceptors (Lipinski definition) is 5. The highest BCUT2D eigenvalue weighted by Gasteiger charge is 2.27. The van der Waals surface area contributed by atoms with Crippen molar-refractivity contribution < 1.29 is 9.21 Å². The van der Waals surface area contributed by atoms with Crippen molar-refractivity contribution in [2.75, 3.05) is 18.4 Å². The van der Waals surface area contributed by atoms with E-state index in [4.69, 9.17) is 16.0 Å². The number of nitrogens with one attached hydrogen (secondary N) is 1. The zero-order chi connectivity index (χ0) is 18.8. The van der Waals surface area contributed by atoms with E-state index in [1.165, 1.54) is 6.20 Å². The molecule has 0 saturated carbocycles. The van der Waals surface area contributed by atoms with Gasteiger partial charge in [0.2, 0.25) is 5.91 Å². The Hall–Kier alpha value is -2.64. The molecule has 27 heavy (non-hydrogen) atoms. The van der Waals surface area contributed by atoms with E-state index in [1.54, 1.807) is 22.8 Å². The van der Waals surface area contributed by atoms with E-state index in [2.05, 4.69) is 15.2 Å². The van der Waals surface area contributed by atoms with Gasteiger partial charge < -0.3 is 9.73 Å². The lowest BCUT2D eigenvalue weighted by atomic mass is 9.97. The molecular formula is C19H19ClN4O3. The third kappa shape index (κ3) is 3.89. The maximum atomic E-state index is 12.6. The zero-order valence-corrected chi connectivity index (χ0v) is 15.4. The first kappa shape index (κ1) is 17.8. The highest BCUT2D eigenvalue weighted by atomic mass is 35.5. The number of benzene rings is 1. The maximum absolute atomic E-state index is 12.6. The predicted molar refractivity (Wildman–Crippen MR) is 103 cm³/mol. The van der Waals surface area contributed by atoms with E-state index in [0.717, 1.165) is 24.9 Å². The number of anilines is 1. The molecule has 0 radical (unpaired) electrons. The highest BCUT2D eigenvalue weighted by molar-refractivity contribution is 6.30. The summed E-state index contributed by atoms with van der Waals surface area (Å²) in [6.45, 7) is 1.80. The fourth-order valence-electron chi connectivity index (χ4n) is 3.42. The van der Waals surface area contributed by atoms with Gasteiger partial charge in [0, 0.05) is 12.7 Å². The van der Waals surface area contributed by atoms with E-state index in [0.29, 0.717) is 29.6 Å². The molecule has 1 aliphatic rings. The number of para-hydroxylation sites is 2. The fraction of sp³-hybridized carbons (Fsp3) is 0.316. The quantitative estimate of drug-likeness (QED) is 0.745. The van der Waals surface area contributed by atoms with Crippen LogP contribution in [-0.2, 0) is 11.5 Å². The molecule has 4 rings (SSSR count). The molecule has 2 aromatic heterocycles. The van der Waals surface area contributed by atoms with Gasteiger partial charge in [-0.1, -0.05) is 23.7 Å². The number of nitrogens with zero attached hydrogens (tertiary/aromatic N) is 3. The number of pyridine rings is 1. The van der Waals surface area contributed by atoms with Gasteiger partial charge >= 0.3 is 5.76 Å². The van der Waals surface area contributed by atoms with E-state index < -0.39 is 0 Å². The van der Waals surface area contributed by atoms with Gasteiger partial charge in [0.15, 0.2) is 5.58 Å². The molecule has 0 aliphatic carbocycles. The average molecular weight is 387 g/mol. The van der Waals surface area contributed by atoms with Gasteiger partial charge in [0.25, 0.3) is 0 Å². The molecule has 3 heterocycles. The van der Waals surface area contributed by atoms with Crippen molar-refractivity contribution in [2.45, 2.75) is 19.5 Å². The number of amides is 1. The molecule has 8 heteroatoms. The summed E-state index contributed by atoms with van der Waals surface area (Å²) < 4.78 is 6.89. The molecule has 1 saturated heterocycles. The Morgan fingerprint density at radius 1 is 1.30 bits per heavy atom. The molecule has 0 spiro atoms. The lowest BCUT2D eigenvalue weighted by molar-refractivity contribution is -0.121. The number of likely N-dealkylation sites (tertiary alicyclic amines) is 1. The van der Waals surface area contributed by atoms with Crippen LogP contribution in [-0.4, -0.2) is 33.4 Å². The van der Waals surface area contributed by atoms with Crippen molar-refractivity contribution in [1.82, 2.24) is 14.5 Å². The number of carbonyl (C=O) groups is 1. The van der Waals surface area contributed by atoms with Crippen molar-refractivity contribution in [3.63, 3.8) is 0 Å². The molecule has 1 amide bonds. The van der Waals surface area contributed by atoms with E-state index in [9.17, 15) is 9.59 Å². The molecule has 1 aliphatic heterocycles. The first-order valence-electron chi connectivity index (χ1n) is 8.83. The maximum Gasteiger partial charge on any atom is 0.421 e. The second kappa shape index (κ2) is 7.54. The number of piperidine rings is 1. The van der Waals surface area contributed by atoms with E-state index in [-0.39, 0.29) is 17.6 Å². The molecule has 0 unspecified atom stereocenters. The molecule has 1 atom stereocenters. The van der Waals surface area contributed by atoms with Crippen LogP contribution in [0.4, 0.5) is 5.82 Å². The van der Waals surface area contributed by atoms with Gasteiger partial charge in [-0.15, -0.1) is 0 Å². The van der Waals surface area contributed by atoms with Crippen LogP contribution in [0.25, 0.3) is 11.1 Å². The summed E-state index contributed by atoms with van der Waals surface area (Å²) in [6.07, 6.45) is 3.19. The van der Waals surface area contributed by atoms with Crippen LogP contribution in [0.1, 0.15) is 12.8 Å². The standard InChI is InChI=1S/C19H19ClN4O3/c20-14-7-8-17(21-10-14)22-18(25)13-4-3-9-23(11-13)12-24-15-5-1-2-6-16(15)27-19(24)26/h1-2,5-8,10,13H,3-4,9,11-12H2,(H,21,22,25)/t13-/m1/s1. The second-order valence-electron chi connectivity index (χ2n) is 6.67. The number of hydrogen-bond donors (Lipinski definition) is 1. The number of rotatable bonds is 4. The summed E-state index contributed by atoms with van der Waals surface area (Å²) in [7, 11) is 0. The van der Waals surface area contributed by atoms with Crippen LogP contribution in [0, 0.1) is 5.92 Å². The topological polar surface area (TPSA) is 80.4 Å². The first-order chi connectivity index (χ1) is 13.1. The average Bonchev–Trinajstić information content (AvgIpc) is 2.99. The van der Waals surface area contributed by atoms with Gasteiger partial charge in [-0.2, -0.15) is 0 Å². The van der Waals surface area contributed by atoms with Gasteiger partial charge in [0.1, 0.15) is 5.82 Å². The number of aromatic nitrogens is 2.